The standard InChI is InChI=1S/C17H26N8O/c1-11-12(2)19-15(17(26)18-8-13-9-24(5)22-21-13)20-16(11)25-7-6-14(10-25)23(3)4/h9,14H,6-8,10H2,1-5H3,(H,18,26)/t14-/m1/s1. The maximum atomic E-state index is 12.5. The van der Waals surface area contributed by atoms with E-state index in [-0.39, 0.29) is 11.7 Å². The number of aryl methyl sites for hydroxylation is 2. The summed E-state index contributed by atoms with van der Waals surface area (Å²) in [6.45, 7) is 6.06. The van der Waals surface area contributed by atoms with E-state index in [1.165, 1.54) is 0 Å². The fraction of sp³-hybridized carbons (Fsp3) is 0.588. The number of likely N-dealkylation sites (N-methyl/N-ethyl adjacent to an activating group) is 1. The van der Waals surface area contributed by atoms with Gasteiger partial charge >= 0.3 is 0 Å². The highest BCUT2D eigenvalue weighted by atomic mass is 16.2. The Labute approximate surface area is 153 Å². The Balaban J connectivity index is 1.76. The molecule has 1 saturated heterocycles. The van der Waals surface area contributed by atoms with E-state index >= 15 is 0 Å². The number of nitrogens with zero attached hydrogens (tertiary/aromatic N) is 7. The Kier molecular flexibility index (Phi) is 5.17. The van der Waals surface area contributed by atoms with Gasteiger partial charge in [-0.25, -0.2) is 9.97 Å². The van der Waals surface area contributed by atoms with Gasteiger partial charge in [0.05, 0.1) is 6.54 Å². The zero-order valence-corrected chi connectivity index (χ0v) is 16.0. The highest BCUT2D eigenvalue weighted by Crippen LogP contribution is 2.25. The lowest BCUT2D eigenvalue weighted by molar-refractivity contribution is 0.0939. The molecule has 1 aliphatic heterocycles. The molecule has 1 atom stereocenters. The van der Waals surface area contributed by atoms with E-state index in [4.69, 9.17) is 0 Å². The van der Waals surface area contributed by atoms with Crippen molar-refractivity contribution in [3.63, 3.8) is 0 Å². The number of anilines is 1. The first-order valence-corrected chi connectivity index (χ1v) is 8.75. The molecule has 9 nitrogen and oxygen atoms in total. The summed E-state index contributed by atoms with van der Waals surface area (Å²) in [7, 11) is 5.98. The molecule has 1 N–H and O–H groups in total. The maximum absolute atomic E-state index is 12.5. The summed E-state index contributed by atoms with van der Waals surface area (Å²) in [4.78, 5) is 25.9. The third-order valence-electron chi connectivity index (χ3n) is 4.84. The molecule has 0 spiro atoms. The summed E-state index contributed by atoms with van der Waals surface area (Å²) < 4.78 is 1.60. The molecule has 2 aromatic heterocycles. The van der Waals surface area contributed by atoms with Gasteiger partial charge in [-0.2, -0.15) is 0 Å². The molecule has 0 radical (unpaired) electrons. The molecule has 0 saturated carbocycles. The van der Waals surface area contributed by atoms with Gasteiger partial charge in [-0.15, -0.1) is 5.10 Å². The SMILES string of the molecule is Cc1nc(C(=O)NCc2cn(C)nn2)nc(N2CC[C@@H](N(C)C)C2)c1C. The highest BCUT2D eigenvalue weighted by molar-refractivity contribution is 5.90. The van der Waals surface area contributed by atoms with E-state index in [1.54, 1.807) is 17.9 Å². The minimum absolute atomic E-state index is 0.195. The van der Waals surface area contributed by atoms with Crippen LogP contribution in [0.5, 0.6) is 0 Å². The Morgan fingerprint density at radius 3 is 2.73 bits per heavy atom. The molecule has 2 aromatic rings. The quantitative estimate of drug-likeness (QED) is 0.821. The molecule has 0 aromatic carbocycles. The predicted molar refractivity (Wildman–Crippen MR) is 98.0 cm³/mol. The monoisotopic (exact) mass is 358 g/mol. The van der Waals surface area contributed by atoms with Crippen LogP contribution in [-0.4, -0.2) is 69.0 Å². The van der Waals surface area contributed by atoms with Crippen LogP contribution in [0.1, 0.15) is 34.0 Å². The Bertz CT molecular complexity index is 800. The van der Waals surface area contributed by atoms with Crippen molar-refractivity contribution in [2.24, 2.45) is 7.05 Å². The number of amides is 1. The van der Waals surface area contributed by atoms with Crippen LogP contribution < -0.4 is 10.2 Å². The van der Waals surface area contributed by atoms with E-state index in [1.807, 2.05) is 13.8 Å². The number of nitrogens with one attached hydrogen (secondary N) is 1. The van der Waals surface area contributed by atoms with Gasteiger partial charge in [0.15, 0.2) is 0 Å². The van der Waals surface area contributed by atoms with E-state index in [0.717, 1.165) is 36.6 Å². The van der Waals surface area contributed by atoms with Crippen molar-refractivity contribution in [2.45, 2.75) is 32.9 Å². The average molecular weight is 358 g/mol. The molecular formula is C17H26N8O. The summed E-state index contributed by atoms with van der Waals surface area (Å²) >= 11 is 0. The number of rotatable bonds is 5. The van der Waals surface area contributed by atoms with E-state index < -0.39 is 0 Å². The molecule has 3 rings (SSSR count). The van der Waals surface area contributed by atoms with Crippen LogP contribution >= 0.6 is 0 Å². The lowest BCUT2D eigenvalue weighted by Crippen LogP contribution is -2.33. The zero-order chi connectivity index (χ0) is 18.8. The van der Waals surface area contributed by atoms with Gasteiger partial charge in [0.25, 0.3) is 5.91 Å². The smallest absolute Gasteiger partial charge is 0.289 e. The molecule has 1 aliphatic rings. The van der Waals surface area contributed by atoms with Crippen molar-refractivity contribution < 1.29 is 4.79 Å². The van der Waals surface area contributed by atoms with Crippen molar-refractivity contribution >= 4 is 11.7 Å². The second-order valence-corrected chi connectivity index (χ2v) is 7.00. The molecule has 1 fully saturated rings. The predicted octanol–water partition coefficient (Wildman–Crippen LogP) is 0.292. The van der Waals surface area contributed by atoms with Gasteiger partial charge in [-0.1, -0.05) is 5.21 Å². The van der Waals surface area contributed by atoms with Crippen molar-refractivity contribution in [1.29, 1.82) is 0 Å². The summed E-state index contributed by atoms with van der Waals surface area (Å²) in [5.74, 6) is 0.746. The summed E-state index contributed by atoms with van der Waals surface area (Å²) in [5.41, 5.74) is 2.54. The van der Waals surface area contributed by atoms with Gasteiger partial charge in [0.2, 0.25) is 5.82 Å². The van der Waals surface area contributed by atoms with E-state index in [0.29, 0.717) is 18.3 Å². The molecule has 0 bridgehead atoms. The van der Waals surface area contributed by atoms with Crippen molar-refractivity contribution in [3.8, 4) is 0 Å². The Hall–Kier alpha value is -2.55. The molecule has 26 heavy (non-hydrogen) atoms. The first kappa shape index (κ1) is 18.2. The van der Waals surface area contributed by atoms with Gasteiger partial charge < -0.3 is 15.1 Å². The number of hydrogen-bond acceptors (Lipinski definition) is 7. The van der Waals surface area contributed by atoms with Crippen LogP contribution in [0.25, 0.3) is 0 Å². The summed E-state index contributed by atoms with van der Waals surface area (Å²) in [5, 5.41) is 10.6. The average Bonchev–Trinajstić information content (AvgIpc) is 3.24. The fourth-order valence-electron chi connectivity index (χ4n) is 3.10. The summed E-state index contributed by atoms with van der Waals surface area (Å²) in [6.07, 6.45) is 2.85. The number of carbonyl (C=O) groups excluding carboxylic acids is 1. The van der Waals surface area contributed by atoms with Crippen molar-refractivity contribution in [3.05, 3.63) is 29.0 Å². The summed E-state index contributed by atoms with van der Waals surface area (Å²) in [6, 6.07) is 0.499. The second-order valence-electron chi connectivity index (χ2n) is 7.00. The van der Waals surface area contributed by atoms with Crippen molar-refractivity contribution in [2.75, 3.05) is 32.1 Å². The third-order valence-corrected chi connectivity index (χ3v) is 4.84. The topological polar surface area (TPSA) is 92.1 Å². The Morgan fingerprint density at radius 2 is 2.12 bits per heavy atom. The molecule has 3 heterocycles. The van der Waals surface area contributed by atoms with Gasteiger partial charge in [0.1, 0.15) is 11.5 Å². The molecule has 1 amide bonds. The molecule has 0 unspecified atom stereocenters. The van der Waals surface area contributed by atoms with Crippen LogP contribution in [0, 0.1) is 13.8 Å². The van der Waals surface area contributed by atoms with Crippen LogP contribution in [0.15, 0.2) is 6.20 Å². The first-order valence-electron chi connectivity index (χ1n) is 8.75. The van der Waals surface area contributed by atoms with Crippen LogP contribution in [0.4, 0.5) is 5.82 Å². The van der Waals surface area contributed by atoms with Gasteiger partial charge in [0, 0.05) is 43.6 Å². The second kappa shape index (κ2) is 7.36. The number of carbonyl (C=O) groups is 1. The molecular weight excluding hydrogens is 332 g/mol. The normalized spacial score (nSPS) is 17.2. The highest BCUT2D eigenvalue weighted by Gasteiger charge is 2.27. The number of aromatic nitrogens is 5. The Morgan fingerprint density at radius 1 is 1.35 bits per heavy atom. The molecule has 9 heteroatoms. The van der Waals surface area contributed by atoms with Crippen molar-refractivity contribution in [1.82, 2.24) is 35.2 Å². The van der Waals surface area contributed by atoms with Crippen LogP contribution in [0.3, 0.4) is 0 Å². The lowest BCUT2D eigenvalue weighted by atomic mass is 10.2. The molecule has 140 valence electrons. The van der Waals surface area contributed by atoms with Crippen LogP contribution in [-0.2, 0) is 13.6 Å². The van der Waals surface area contributed by atoms with Crippen LogP contribution in [0.2, 0.25) is 0 Å². The largest absolute Gasteiger partial charge is 0.355 e. The minimum Gasteiger partial charge on any atom is -0.355 e. The van der Waals surface area contributed by atoms with Gasteiger partial charge in [-0.05, 0) is 34.4 Å². The zero-order valence-electron chi connectivity index (χ0n) is 16.0. The fourth-order valence-corrected chi connectivity index (χ4v) is 3.10. The minimum atomic E-state index is -0.302. The van der Waals surface area contributed by atoms with E-state index in [2.05, 4.69) is 49.5 Å². The third kappa shape index (κ3) is 3.82. The molecule has 0 aliphatic carbocycles. The first-order chi connectivity index (χ1) is 12.3. The lowest BCUT2D eigenvalue weighted by Gasteiger charge is -2.23. The maximum Gasteiger partial charge on any atom is 0.289 e. The van der Waals surface area contributed by atoms with Gasteiger partial charge in [-0.3, -0.25) is 9.48 Å². The number of hydrogen-bond donors (Lipinski definition) is 1. The van der Waals surface area contributed by atoms with E-state index in [9.17, 15) is 4.79 Å².